The van der Waals surface area contributed by atoms with E-state index in [1.165, 1.54) is 0 Å². The van der Waals surface area contributed by atoms with Gasteiger partial charge in [0.2, 0.25) is 0 Å². The van der Waals surface area contributed by atoms with E-state index in [2.05, 4.69) is 39.6 Å². The van der Waals surface area contributed by atoms with Gasteiger partial charge in [-0.15, -0.1) is 0 Å². The Labute approximate surface area is 111 Å². The Kier molecular flexibility index (Phi) is 5.02. The largest absolute Gasteiger partial charge is 0.397 e. The molecule has 98 valence electrons. The Balaban J connectivity index is 3.03. The summed E-state index contributed by atoms with van der Waals surface area (Å²) in [5.41, 5.74) is 10.1. The number of hydrogen-bond donors (Lipinski definition) is 2. The first-order valence-corrected chi connectivity index (χ1v) is 6.44. The van der Waals surface area contributed by atoms with E-state index in [-0.39, 0.29) is 0 Å². The summed E-state index contributed by atoms with van der Waals surface area (Å²) in [5.74, 6) is 0.692. The molecule has 1 aromatic rings. The van der Waals surface area contributed by atoms with Gasteiger partial charge in [-0.1, -0.05) is 52.5 Å². The van der Waals surface area contributed by atoms with Gasteiger partial charge in [0, 0.05) is 11.4 Å². The van der Waals surface area contributed by atoms with Crippen LogP contribution in [0.3, 0.4) is 0 Å². The molecular weight excluding hydrogens is 220 g/mol. The van der Waals surface area contributed by atoms with Gasteiger partial charge in [-0.3, -0.25) is 0 Å². The van der Waals surface area contributed by atoms with Gasteiger partial charge in [0.15, 0.2) is 0 Å². The zero-order chi connectivity index (χ0) is 13.7. The Hall–Kier alpha value is -1.70. The summed E-state index contributed by atoms with van der Waals surface area (Å²) in [5, 5.41) is 3.41. The van der Waals surface area contributed by atoms with E-state index in [1.807, 2.05) is 30.3 Å². The van der Waals surface area contributed by atoms with Gasteiger partial charge in [-0.2, -0.15) is 0 Å². The number of allylic oxidation sites excluding steroid dienone is 2. The zero-order valence-electron chi connectivity index (χ0n) is 11.8. The molecular formula is C16H24N2. The molecule has 0 unspecified atom stereocenters. The molecule has 0 radical (unpaired) electrons. The highest BCUT2D eigenvalue weighted by atomic mass is 14.9. The minimum absolute atomic E-state index is 0.334. The van der Waals surface area contributed by atoms with Crippen molar-refractivity contribution in [1.82, 2.24) is 0 Å². The molecule has 2 nitrogen and oxygen atoms in total. The highest BCUT2D eigenvalue weighted by molar-refractivity contribution is 5.51. The third-order valence-electron chi connectivity index (χ3n) is 2.96. The molecule has 0 atom stereocenters. The highest BCUT2D eigenvalue weighted by Crippen LogP contribution is 2.23. The van der Waals surface area contributed by atoms with E-state index in [0.717, 1.165) is 22.7 Å². The van der Waals surface area contributed by atoms with Gasteiger partial charge in [0.25, 0.3) is 0 Å². The lowest BCUT2D eigenvalue weighted by Crippen LogP contribution is -2.17. The Morgan fingerprint density at radius 3 is 2.06 bits per heavy atom. The minimum Gasteiger partial charge on any atom is -0.397 e. The number of para-hydroxylation sites is 1. The van der Waals surface area contributed by atoms with E-state index >= 15 is 0 Å². The number of benzene rings is 1. The van der Waals surface area contributed by atoms with E-state index in [9.17, 15) is 0 Å². The van der Waals surface area contributed by atoms with Crippen molar-refractivity contribution in [1.29, 1.82) is 0 Å². The fourth-order valence-electron chi connectivity index (χ4n) is 1.68. The van der Waals surface area contributed by atoms with E-state index in [1.54, 1.807) is 0 Å². The fourth-order valence-corrected chi connectivity index (χ4v) is 1.68. The van der Waals surface area contributed by atoms with Crippen LogP contribution >= 0.6 is 0 Å². The maximum Gasteiger partial charge on any atom is 0.0542 e. The van der Waals surface area contributed by atoms with Gasteiger partial charge >= 0.3 is 0 Å². The van der Waals surface area contributed by atoms with Gasteiger partial charge in [-0.05, 0) is 29.5 Å². The van der Waals surface area contributed by atoms with Crippen LogP contribution in [0.25, 0.3) is 0 Å². The zero-order valence-corrected chi connectivity index (χ0v) is 11.8. The van der Waals surface area contributed by atoms with Crippen molar-refractivity contribution in [3.8, 4) is 0 Å². The van der Waals surface area contributed by atoms with E-state index in [0.29, 0.717) is 11.8 Å². The van der Waals surface area contributed by atoms with Crippen molar-refractivity contribution >= 4 is 5.69 Å². The van der Waals surface area contributed by atoms with Crippen LogP contribution in [0, 0.1) is 11.8 Å². The standard InChI is InChI=1S/C16H24N2/c1-11(2)13(5)15(17)16(12(3)4)18-14-9-7-6-8-10-14/h6-12,18H,5,17H2,1-4H3/b16-15-. The SMILES string of the molecule is C=C(/C(N)=C(/Nc1ccccc1)C(C)C)C(C)C. The first-order chi connectivity index (χ1) is 8.43. The van der Waals surface area contributed by atoms with Crippen LogP contribution in [-0.4, -0.2) is 0 Å². The summed E-state index contributed by atoms with van der Waals surface area (Å²) < 4.78 is 0. The molecule has 0 fully saturated rings. The predicted octanol–water partition coefficient (Wildman–Crippen LogP) is 4.14. The summed E-state index contributed by atoms with van der Waals surface area (Å²) in [6.07, 6.45) is 0. The van der Waals surface area contributed by atoms with Crippen molar-refractivity contribution in [2.45, 2.75) is 27.7 Å². The van der Waals surface area contributed by atoms with Crippen molar-refractivity contribution in [2.24, 2.45) is 17.6 Å². The first-order valence-electron chi connectivity index (χ1n) is 6.44. The number of nitrogens with one attached hydrogen (secondary N) is 1. The minimum atomic E-state index is 0.334. The molecule has 0 bridgehead atoms. The van der Waals surface area contributed by atoms with Crippen LogP contribution in [-0.2, 0) is 0 Å². The molecule has 0 spiro atoms. The summed E-state index contributed by atoms with van der Waals surface area (Å²) in [6.45, 7) is 12.6. The first kappa shape index (κ1) is 14.4. The quantitative estimate of drug-likeness (QED) is 0.764. The van der Waals surface area contributed by atoms with Crippen LogP contribution in [0.2, 0.25) is 0 Å². The van der Waals surface area contributed by atoms with Crippen LogP contribution in [0.4, 0.5) is 5.69 Å². The lowest BCUT2D eigenvalue weighted by molar-refractivity contribution is 0.732. The molecule has 0 saturated carbocycles. The van der Waals surface area contributed by atoms with Crippen molar-refractivity contribution in [2.75, 3.05) is 5.32 Å². The number of anilines is 1. The molecule has 18 heavy (non-hydrogen) atoms. The smallest absolute Gasteiger partial charge is 0.0542 e. The molecule has 0 aliphatic carbocycles. The third kappa shape index (κ3) is 3.66. The molecule has 0 heterocycles. The number of nitrogens with two attached hydrogens (primary N) is 1. The molecule has 0 aliphatic rings. The summed E-state index contributed by atoms with van der Waals surface area (Å²) >= 11 is 0. The van der Waals surface area contributed by atoms with Crippen LogP contribution in [0.5, 0.6) is 0 Å². The number of hydrogen-bond acceptors (Lipinski definition) is 2. The van der Waals surface area contributed by atoms with Crippen LogP contribution in [0.1, 0.15) is 27.7 Å². The molecule has 0 aromatic heterocycles. The molecule has 0 saturated heterocycles. The van der Waals surface area contributed by atoms with Crippen LogP contribution in [0.15, 0.2) is 53.9 Å². The average Bonchev–Trinajstić information content (AvgIpc) is 2.35. The second-order valence-electron chi connectivity index (χ2n) is 5.15. The Bertz CT molecular complexity index is 428. The maximum atomic E-state index is 6.23. The van der Waals surface area contributed by atoms with Crippen LogP contribution < -0.4 is 11.1 Å². The van der Waals surface area contributed by atoms with Gasteiger partial charge in [0.05, 0.1) is 5.70 Å². The summed E-state index contributed by atoms with van der Waals surface area (Å²) in [4.78, 5) is 0. The van der Waals surface area contributed by atoms with E-state index < -0.39 is 0 Å². The summed E-state index contributed by atoms with van der Waals surface area (Å²) in [7, 11) is 0. The van der Waals surface area contributed by atoms with Crippen molar-refractivity contribution in [3.05, 3.63) is 53.9 Å². The lowest BCUT2D eigenvalue weighted by atomic mass is 9.97. The lowest BCUT2D eigenvalue weighted by Gasteiger charge is -2.20. The molecule has 1 rings (SSSR count). The van der Waals surface area contributed by atoms with E-state index in [4.69, 9.17) is 5.73 Å². The molecule has 3 N–H and O–H groups in total. The topological polar surface area (TPSA) is 38.0 Å². The fraction of sp³-hybridized carbons (Fsp3) is 0.375. The van der Waals surface area contributed by atoms with Gasteiger partial charge in [-0.25, -0.2) is 0 Å². The molecule has 2 heteroatoms. The van der Waals surface area contributed by atoms with Gasteiger partial charge < -0.3 is 11.1 Å². The second kappa shape index (κ2) is 6.29. The monoisotopic (exact) mass is 244 g/mol. The van der Waals surface area contributed by atoms with Gasteiger partial charge in [0.1, 0.15) is 0 Å². The molecule has 0 amide bonds. The molecule has 1 aromatic carbocycles. The third-order valence-corrected chi connectivity index (χ3v) is 2.96. The predicted molar refractivity (Wildman–Crippen MR) is 80.1 cm³/mol. The molecule has 0 aliphatic heterocycles. The second-order valence-corrected chi connectivity index (χ2v) is 5.15. The van der Waals surface area contributed by atoms with Crippen molar-refractivity contribution < 1.29 is 0 Å². The summed E-state index contributed by atoms with van der Waals surface area (Å²) in [6, 6.07) is 10.1. The Morgan fingerprint density at radius 1 is 1.06 bits per heavy atom. The number of rotatable bonds is 5. The highest BCUT2D eigenvalue weighted by Gasteiger charge is 2.13. The van der Waals surface area contributed by atoms with Crippen molar-refractivity contribution in [3.63, 3.8) is 0 Å². The average molecular weight is 244 g/mol. The maximum absolute atomic E-state index is 6.23. The normalized spacial score (nSPS) is 12.6. The Morgan fingerprint density at radius 2 is 1.61 bits per heavy atom.